The zero-order chi connectivity index (χ0) is 11.3. The molecule has 1 saturated carbocycles. The van der Waals surface area contributed by atoms with Gasteiger partial charge in [0, 0.05) is 11.1 Å². The summed E-state index contributed by atoms with van der Waals surface area (Å²) in [7, 11) is 0. The van der Waals surface area contributed by atoms with Crippen molar-refractivity contribution in [1.82, 2.24) is 0 Å². The predicted molar refractivity (Wildman–Crippen MR) is 62.0 cm³/mol. The molecule has 0 saturated heterocycles. The number of rotatable bonds is 1. The van der Waals surface area contributed by atoms with Gasteiger partial charge in [-0.25, -0.2) is 0 Å². The molecular formula is C12H14ClNO2. The monoisotopic (exact) mass is 239 g/mol. The average molecular weight is 240 g/mol. The quantitative estimate of drug-likeness (QED) is 0.820. The van der Waals surface area contributed by atoms with Crippen LogP contribution in [0.2, 0.25) is 5.02 Å². The van der Waals surface area contributed by atoms with Gasteiger partial charge in [0.2, 0.25) is 6.79 Å². The first kappa shape index (κ1) is 10.2. The van der Waals surface area contributed by atoms with Crippen molar-refractivity contribution in [3.8, 4) is 11.5 Å². The lowest BCUT2D eigenvalue weighted by molar-refractivity contribution is 0.173. The van der Waals surface area contributed by atoms with Crippen LogP contribution >= 0.6 is 11.6 Å². The van der Waals surface area contributed by atoms with E-state index in [4.69, 9.17) is 26.8 Å². The summed E-state index contributed by atoms with van der Waals surface area (Å²) in [6, 6.07) is 1.94. The molecule has 1 heterocycles. The predicted octanol–water partition coefficient (Wildman–Crippen LogP) is 2.72. The van der Waals surface area contributed by atoms with Crippen LogP contribution in [0.15, 0.2) is 6.07 Å². The molecule has 2 aliphatic rings. The molecule has 0 aromatic heterocycles. The van der Waals surface area contributed by atoms with Crippen molar-refractivity contribution in [2.45, 2.75) is 31.7 Å². The molecule has 0 amide bonds. The summed E-state index contributed by atoms with van der Waals surface area (Å²) in [5.74, 6) is 1.53. The van der Waals surface area contributed by atoms with E-state index in [9.17, 15) is 0 Å². The Kier molecular flexibility index (Phi) is 2.10. The SMILES string of the molecule is Cc1c(Cl)c(C2(N)CCC2)cc2c1OCO2. The second-order valence-electron chi connectivity index (χ2n) is 4.61. The highest BCUT2D eigenvalue weighted by molar-refractivity contribution is 6.32. The number of fused-ring (bicyclic) bond motifs is 1. The van der Waals surface area contributed by atoms with Gasteiger partial charge in [-0.2, -0.15) is 0 Å². The van der Waals surface area contributed by atoms with E-state index in [2.05, 4.69) is 0 Å². The fourth-order valence-electron chi connectivity index (χ4n) is 2.37. The summed E-state index contributed by atoms with van der Waals surface area (Å²) in [6.45, 7) is 2.22. The Morgan fingerprint density at radius 3 is 2.75 bits per heavy atom. The highest BCUT2D eigenvalue weighted by Crippen LogP contribution is 2.48. The molecule has 0 radical (unpaired) electrons. The Labute approximate surface area is 99.5 Å². The first-order chi connectivity index (χ1) is 7.62. The Hall–Kier alpha value is -0.930. The highest BCUT2D eigenvalue weighted by atomic mass is 35.5. The lowest BCUT2D eigenvalue weighted by atomic mass is 9.72. The van der Waals surface area contributed by atoms with Gasteiger partial charge in [0.15, 0.2) is 11.5 Å². The van der Waals surface area contributed by atoms with E-state index in [0.717, 1.165) is 40.5 Å². The highest BCUT2D eigenvalue weighted by Gasteiger charge is 2.38. The number of halogens is 1. The van der Waals surface area contributed by atoms with Crippen LogP contribution in [0.25, 0.3) is 0 Å². The zero-order valence-electron chi connectivity index (χ0n) is 9.18. The summed E-state index contributed by atoms with van der Waals surface area (Å²) in [6.07, 6.45) is 3.15. The first-order valence-electron chi connectivity index (χ1n) is 5.50. The minimum atomic E-state index is -0.261. The standard InChI is InChI=1S/C12H14ClNO2/c1-7-10(13)8(12(14)3-2-4-12)5-9-11(7)16-6-15-9/h5H,2-4,6,14H2,1H3. The molecule has 1 aromatic rings. The molecule has 86 valence electrons. The average Bonchev–Trinajstić information content (AvgIpc) is 2.68. The molecule has 2 N–H and O–H groups in total. The van der Waals surface area contributed by atoms with Crippen molar-refractivity contribution in [3.63, 3.8) is 0 Å². The van der Waals surface area contributed by atoms with Crippen molar-refractivity contribution in [2.24, 2.45) is 5.73 Å². The number of hydrogen-bond acceptors (Lipinski definition) is 3. The number of benzene rings is 1. The Morgan fingerprint density at radius 2 is 2.12 bits per heavy atom. The van der Waals surface area contributed by atoms with Gasteiger partial charge < -0.3 is 15.2 Å². The third-order valence-corrected chi connectivity index (χ3v) is 4.09. The summed E-state index contributed by atoms with van der Waals surface area (Å²) in [4.78, 5) is 0. The fraction of sp³-hybridized carbons (Fsp3) is 0.500. The Bertz CT molecular complexity index is 455. The summed E-state index contributed by atoms with van der Waals surface area (Å²) < 4.78 is 10.8. The van der Waals surface area contributed by atoms with Crippen LogP contribution in [0.3, 0.4) is 0 Å². The maximum absolute atomic E-state index is 6.36. The van der Waals surface area contributed by atoms with Crippen molar-refractivity contribution in [1.29, 1.82) is 0 Å². The van der Waals surface area contributed by atoms with Crippen LogP contribution in [0.5, 0.6) is 11.5 Å². The fourth-order valence-corrected chi connectivity index (χ4v) is 2.70. The third kappa shape index (κ3) is 1.25. The van der Waals surface area contributed by atoms with Crippen LogP contribution < -0.4 is 15.2 Å². The lowest BCUT2D eigenvalue weighted by Crippen LogP contribution is -2.43. The Morgan fingerprint density at radius 1 is 1.38 bits per heavy atom. The molecular weight excluding hydrogens is 226 g/mol. The van der Waals surface area contributed by atoms with Gasteiger partial charge in [0.1, 0.15) is 0 Å². The van der Waals surface area contributed by atoms with Crippen LogP contribution in [-0.2, 0) is 5.54 Å². The van der Waals surface area contributed by atoms with E-state index in [0.29, 0.717) is 0 Å². The summed E-state index contributed by atoms with van der Waals surface area (Å²) in [5.41, 5.74) is 7.98. The van der Waals surface area contributed by atoms with Gasteiger partial charge in [-0.05, 0) is 37.8 Å². The molecule has 3 rings (SSSR count). The maximum Gasteiger partial charge on any atom is 0.231 e. The molecule has 1 aromatic carbocycles. The van der Waals surface area contributed by atoms with Crippen molar-refractivity contribution >= 4 is 11.6 Å². The second-order valence-corrected chi connectivity index (χ2v) is 4.98. The normalized spacial score (nSPS) is 20.7. The lowest BCUT2D eigenvalue weighted by Gasteiger charge is -2.39. The zero-order valence-corrected chi connectivity index (χ0v) is 9.93. The van der Waals surface area contributed by atoms with Gasteiger partial charge >= 0.3 is 0 Å². The van der Waals surface area contributed by atoms with E-state index in [1.54, 1.807) is 0 Å². The molecule has 1 fully saturated rings. The van der Waals surface area contributed by atoms with Crippen LogP contribution in [0, 0.1) is 6.92 Å². The Balaban J connectivity index is 2.16. The molecule has 0 atom stereocenters. The largest absolute Gasteiger partial charge is 0.454 e. The van der Waals surface area contributed by atoms with Crippen molar-refractivity contribution in [2.75, 3.05) is 6.79 Å². The van der Waals surface area contributed by atoms with Crippen molar-refractivity contribution in [3.05, 3.63) is 22.2 Å². The van der Waals surface area contributed by atoms with Crippen molar-refractivity contribution < 1.29 is 9.47 Å². The number of nitrogens with two attached hydrogens (primary N) is 1. The molecule has 3 nitrogen and oxygen atoms in total. The van der Waals surface area contributed by atoms with Gasteiger partial charge in [-0.1, -0.05) is 11.6 Å². The van der Waals surface area contributed by atoms with Crippen LogP contribution in [0.1, 0.15) is 30.4 Å². The first-order valence-corrected chi connectivity index (χ1v) is 5.88. The number of hydrogen-bond donors (Lipinski definition) is 1. The van der Waals surface area contributed by atoms with Crippen LogP contribution in [0.4, 0.5) is 0 Å². The third-order valence-electron chi connectivity index (χ3n) is 3.61. The molecule has 4 heteroatoms. The minimum Gasteiger partial charge on any atom is -0.454 e. The van der Waals surface area contributed by atoms with E-state index < -0.39 is 0 Å². The maximum atomic E-state index is 6.36. The van der Waals surface area contributed by atoms with E-state index in [-0.39, 0.29) is 12.3 Å². The van der Waals surface area contributed by atoms with Gasteiger partial charge in [0.05, 0.1) is 5.02 Å². The summed E-state index contributed by atoms with van der Waals surface area (Å²) >= 11 is 6.36. The van der Waals surface area contributed by atoms with Gasteiger partial charge in [-0.3, -0.25) is 0 Å². The molecule has 0 unspecified atom stereocenters. The smallest absolute Gasteiger partial charge is 0.231 e. The van der Waals surface area contributed by atoms with E-state index in [1.165, 1.54) is 6.42 Å². The topological polar surface area (TPSA) is 44.5 Å². The van der Waals surface area contributed by atoms with Gasteiger partial charge in [-0.15, -0.1) is 0 Å². The summed E-state index contributed by atoms with van der Waals surface area (Å²) in [5, 5.41) is 0.728. The molecule has 1 aliphatic heterocycles. The van der Waals surface area contributed by atoms with Gasteiger partial charge in [0.25, 0.3) is 0 Å². The minimum absolute atomic E-state index is 0.261. The second kappa shape index (κ2) is 3.28. The molecule has 0 bridgehead atoms. The molecule has 1 aliphatic carbocycles. The molecule has 16 heavy (non-hydrogen) atoms. The number of ether oxygens (including phenoxy) is 2. The molecule has 0 spiro atoms. The van der Waals surface area contributed by atoms with E-state index in [1.807, 2.05) is 13.0 Å². The van der Waals surface area contributed by atoms with E-state index >= 15 is 0 Å². The van der Waals surface area contributed by atoms with Crippen LogP contribution in [-0.4, -0.2) is 6.79 Å².